The largest absolute Gasteiger partial charge is 0.573 e. The van der Waals surface area contributed by atoms with Gasteiger partial charge in [-0.05, 0) is 67.9 Å². The van der Waals surface area contributed by atoms with Gasteiger partial charge in [0.15, 0.2) is 5.17 Å². The number of amides is 3. The van der Waals surface area contributed by atoms with Gasteiger partial charge in [0, 0.05) is 23.8 Å². The lowest BCUT2D eigenvalue weighted by atomic mass is 10.0. The molecular formula is C29H23F4N5O5S. The van der Waals surface area contributed by atoms with Gasteiger partial charge < -0.3 is 19.3 Å². The van der Waals surface area contributed by atoms with Crippen LogP contribution in [0.4, 0.5) is 33.7 Å². The van der Waals surface area contributed by atoms with Crippen molar-refractivity contribution in [3.63, 3.8) is 0 Å². The molecule has 44 heavy (non-hydrogen) atoms. The number of nitrogens with zero attached hydrogens (tertiary/aromatic N) is 4. The molecule has 1 aromatic heterocycles. The number of ether oxygens (including phenoxy) is 2. The van der Waals surface area contributed by atoms with Crippen LogP contribution in [0.1, 0.15) is 24.2 Å². The molecule has 5 rings (SSSR count). The minimum atomic E-state index is -4.83. The zero-order chi connectivity index (χ0) is 31.6. The van der Waals surface area contributed by atoms with Crippen molar-refractivity contribution in [3.05, 3.63) is 77.6 Å². The van der Waals surface area contributed by atoms with Gasteiger partial charge in [-0.2, -0.15) is 9.98 Å². The number of thioether (sulfide) groups is 1. The molecular weight excluding hydrogens is 606 g/mol. The Labute approximate surface area is 252 Å². The van der Waals surface area contributed by atoms with E-state index >= 15 is 4.39 Å². The number of methoxy groups -OCH3 is 1. The van der Waals surface area contributed by atoms with Crippen LogP contribution in [-0.2, 0) is 9.53 Å². The molecule has 0 bridgehead atoms. The Kier molecular flexibility index (Phi) is 8.69. The second-order valence-corrected chi connectivity index (χ2v) is 10.4. The number of benzene rings is 3. The van der Waals surface area contributed by atoms with E-state index in [2.05, 4.69) is 25.2 Å². The Balaban J connectivity index is 1.31. The average Bonchev–Trinajstić information content (AvgIpc) is 3.60. The summed E-state index contributed by atoms with van der Waals surface area (Å²) in [5.74, 6) is -1.45. The molecule has 4 aromatic rings. The third kappa shape index (κ3) is 6.89. The summed E-state index contributed by atoms with van der Waals surface area (Å²) in [6.45, 7) is 3.71. The lowest BCUT2D eigenvalue weighted by Gasteiger charge is -2.23. The molecule has 3 aromatic carbocycles. The topological polar surface area (TPSA) is 119 Å². The van der Waals surface area contributed by atoms with Crippen molar-refractivity contribution >= 4 is 40.2 Å². The Hall–Kier alpha value is -4.76. The van der Waals surface area contributed by atoms with Crippen LogP contribution in [0.5, 0.6) is 5.75 Å². The van der Waals surface area contributed by atoms with E-state index in [1.165, 1.54) is 29.2 Å². The van der Waals surface area contributed by atoms with Gasteiger partial charge in [-0.1, -0.05) is 29.1 Å². The zero-order valence-corrected chi connectivity index (χ0v) is 24.1. The van der Waals surface area contributed by atoms with Crippen LogP contribution in [0, 0.1) is 12.7 Å². The number of aryl methyl sites for hydroxylation is 1. The quantitative estimate of drug-likeness (QED) is 0.215. The van der Waals surface area contributed by atoms with Crippen LogP contribution in [0.25, 0.3) is 22.8 Å². The van der Waals surface area contributed by atoms with Crippen molar-refractivity contribution in [1.82, 2.24) is 10.1 Å². The van der Waals surface area contributed by atoms with Crippen LogP contribution in [0.3, 0.4) is 0 Å². The van der Waals surface area contributed by atoms with Crippen LogP contribution in [0.15, 0.2) is 70.2 Å². The number of carbonyl (C=O) groups excluding carboxylic acids is 2. The van der Waals surface area contributed by atoms with Crippen molar-refractivity contribution in [2.75, 3.05) is 23.1 Å². The Morgan fingerprint density at radius 3 is 2.52 bits per heavy atom. The molecule has 3 amide bonds. The highest BCUT2D eigenvalue weighted by Crippen LogP contribution is 2.35. The van der Waals surface area contributed by atoms with E-state index in [4.69, 9.17) is 9.26 Å². The first-order chi connectivity index (χ1) is 20.9. The molecule has 0 saturated carbocycles. The number of anilines is 2. The van der Waals surface area contributed by atoms with Crippen molar-refractivity contribution < 1.29 is 41.1 Å². The summed E-state index contributed by atoms with van der Waals surface area (Å²) in [4.78, 5) is 35.2. The second kappa shape index (κ2) is 12.5. The van der Waals surface area contributed by atoms with Gasteiger partial charge >= 0.3 is 12.4 Å². The smallest absolute Gasteiger partial charge is 0.406 e. The Morgan fingerprint density at radius 2 is 1.84 bits per heavy atom. The predicted octanol–water partition coefficient (Wildman–Crippen LogP) is 7.13. The number of rotatable bonds is 7. The monoisotopic (exact) mass is 629 g/mol. The number of aromatic nitrogens is 2. The highest BCUT2D eigenvalue weighted by atomic mass is 32.2. The summed E-state index contributed by atoms with van der Waals surface area (Å²) in [5, 5.41) is 6.30. The fourth-order valence-electron chi connectivity index (χ4n) is 4.24. The fourth-order valence-corrected chi connectivity index (χ4v) is 5.10. The van der Waals surface area contributed by atoms with E-state index in [0.717, 1.165) is 41.1 Å². The summed E-state index contributed by atoms with van der Waals surface area (Å²) in [5.41, 5.74) is 2.51. The van der Waals surface area contributed by atoms with Crippen molar-refractivity contribution in [3.8, 4) is 28.6 Å². The minimum absolute atomic E-state index is 0.0528. The molecule has 0 radical (unpaired) electrons. The third-order valence-electron chi connectivity index (χ3n) is 6.41. The fraction of sp³-hybridized carbons (Fsp3) is 0.207. The zero-order valence-electron chi connectivity index (χ0n) is 23.3. The standard InChI is InChI=1S/C29H23F4N5O5S/c1-15-4-10-20(16(2)41-3)23(12-15)38-24(39)14-44-28(38)36-27(40)34-22-11-7-18(13-21(22)30)26-35-25(37-43-26)17-5-8-19(9-6-17)42-29(31,32)33/h4-13,16H,14H2,1-3H3,(H,34,40)/b36-28-. The van der Waals surface area contributed by atoms with Crippen molar-refractivity contribution in [1.29, 1.82) is 0 Å². The van der Waals surface area contributed by atoms with Crippen LogP contribution < -0.4 is 15.0 Å². The molecule has 1 atom stereocenters. The number of carbonyl (C=O) groups is 2. The number of aliphatic imine (C=N–C) groups is 1. The molecule has 15 heteroatoms. The van der Waals surface area contributed by atoms with Gasteiger partial charge in [0.25, 0.3) is 5.89 Å². The van der Waals surface area contributed by atoms with Gasteiger partial charge in [0.2, 0.25) is 11.7 Å². The summed E-state index contributed by atoms with van der Waals surface area (Å²) in [6, 6.07) is 13.2. The lowest BCUT2D eigenvalue weighted by molar-refractivity contribution is -0.274. The average molecular weight is 630 g/mol. The van der Waals surface area contributed by atoms with Gasteiger partial charge in [0.1, 0.15) is 11.6 Å². The van der Waals surface area contributed by atoms with Crippen molar-refractivity contribution in [2.24, 2.45) is 4.99 Å². The maximum atomic E-state index is 15.0. The summed E-state index contributed by atoms with van der Waals surface area (Å²) >= 11 is 1.08. The summed E-state index contributed by atoms with van der Waals surface area (Å²) in [6.07, 6.45) is -5.16. The van der Waals surface area contributed by atoms with E-state index in [1.54, 1.807) is 13.2 Å². The number of amidine groups is 1. The van der Waals surface area contributed by atoms with E-state index < -0.39 is 24.0 Å². The first kappa shape index (κ1) is 30.7. The molecule has 1 unspecified atom stereocenters. The molecule has 1 saturated heterocycles. The lowest BCUT2D eigenvalue weighted by Crippen LogP contribution is -2.31. The van der Waals surface area contributed by atoms with E-state index in [9.17, 15) is 22.8 Å². The minimum Gasteiger partial charge on any atom is -0.406 e. The van der Waals surface area contributed by atoms with E-state index in [-0.39, 0.29) is 45.9 Å². The maximum Gasteiger partial charge on any atom is 0.573 e. The predicted molar refractivity (Wildman–Crippen MR) is 155 cm³/mol. The van der Waals surface area contributed by atoms with Gasteiger partial charge in [-0.25, -0.2) is 9.18 Å². The number of hydrogen-bond donors (Lipinski definition) is 1. The number of nitrogens with one attached hydrogen (secondary N) is 1. The molecule has 1 fully saturated rings. The molecule has 10 nitrogen and oxygen atoms in total. The first-order valence-corrected chi connectivity index (χ1v) is 13.9. The van der Waals surface area contributed by atoms with Crippen LogP contribution in [0.2, 0.25) is 0 Å². The molecule has 1 aliphatic heterocycles. The van der Waals surface area contributed by atoms with Crippen molar-refractivity contribution in [2.45, 2.75) is 26.3 Å². The van der Waals surface area contributed by atoms with E-state index in [1.807, 2.05) is 26.0 Å². The van der Waals surface area contributed by atoms with Gasteiger partial charge in [0.05, 0.1) is 23.2 Å². The van der Waals surface area contributed by atoms with Gasteiger partial charge in [-0.15, -0.1) is 13.2 Å². The van der Waals surface area contributed by atoms with Gasteiger partial charge in [-0.3, -0.25) is 9.69 Å². The SMILES string of the molecule is COC(C)c1ccc(C)cc1N1C(=O)CS/C1=N\C(=O)Nc1ccc(-c2nc(-c3ccc(OC(F)(F)F)cc3)no2)cc1F. The summed E-state index contributed by atoms with van der Waals surface area (Å²) < 4.78 is 66.7. The normalized spacial score (nSPS) is 15.1. The molecule has 228 valence electrons. The second-order valence-electron chi connectivity index (χ2n) is 9.47. The third-order valence-corrected chi connectivity index (χ3v) is 7.33. The first-order valence-electron chi connectivity index (χ1n) is 12.9. The molecule has 1 aliphatic rings. The highest BCUT2D eigenvalue weighted by Gasteiger charge is 2.33. The molecule has 1 N–H and O–H groups in total. The highest BCUT2D eigenvalue weighted by molar-refractivity contribution is 8.15. The Morgan fingerprint density at radius 1 is 1.11 bits per heavy atom. The molecule has 2 heterocycles. The Bertz CT molecular complexity index is 1740. The molecule has 0 aliphatic carbocycles. The maximum absolute atomic E-state index is 15.0. The van der Waals surface area contributed by atoms with Crippen LogP contribution in [-0.4, -0.2) is 46.5 Å². The summed E-state index contributed by atoms with van der Waals surface area (Å²) in [7, 11) is 1.55. The number of urea groups is 1. The van der Waals surface area contributed by atoms with Crippen LogP contribution >= 0.6 is 11.8 Å². The molecule has 0 spiro atoms. The van der Waals surface area contributed by atoms with E-state index in [0.29, 0.717) is 11.3 Å². The number of hydrogen-bond acceptors (Lipinski definition) is 8. The number of halogens is 4. The number of alkyl halides is 3.